The molecule has 112 valence electrons. The fourth-order valence-corrected chi connectivity index (χ4v) is 3.11. The summed E-state index contributed by atoms with van der Waals surface area (Å²) in [6.07, 6.45) is 4.78. The van der Waals surface area contributed by atoms with Crippen LogP contribution in [0, 0.1) is 0 Å². The van der Waals surface area contributed by atoms with E-state index in [9.17, 15) is 0 Å². The third kappa shape index (κ3) is 3.49. The zero-order chi connectivity index (χ0) is 14.7. The lowest BCUT2D eigenvalue weighted by atomic mass is 10.2. The molecule has 0 saturated heterocycles. The number of pyridine rings is 1. The fraction of sp³-hybridized carbons (Fsp3) is 0.533. The molecule has 0 bridgehead atoms. The first-order valence-electron chi connectivity index (χ1n) is 7.51. The second-order valence-corrected chi connectivity index (χ2v) is 6.30. The van der Waals surface area contributed by atoms with E-state index in [1.165, 1.54) is 19.3 Å². The minimum Gasteiger partial charge on any atom is -0.314 e. The number of fused-ring (bicyclic) bond motifs is 1. The van der Waals surface area contributed by atoms with Crippen molar-refractivity contribution in [2.45, 2.75) is 51.7 Å². The van der Waals surface area contributed by atoms with E-state index in [0.29, 0.717) is 0 Å². The third-order valence-corrected chi connectivity index (χ3v) is 4.33. The van der Waals surface area contributed by atoms with Crippen LogP contribution in [0.1, 0.15) is 49.6 Å². The van der Waals surface area contributed by atoms with Crippen molar-refractivity contribution in [3.05, 3.63) is 40.1 Å². The van der Waals surface area contributed by atoms with E-state index in [-0.39, 0.29) is 6.04 Å². The largest absolute Gasteiger partial charge is 0.314 e. The number of nitrogens with one attached hydrogen (secondary N) is 1. The average molecular weight is 350 g/mol. The molecule has 1 aliphatic rings. The van der Waals surface area contributed by atoms with Gasteiger partial charge in [0.15, 0.2) is 0 Å². The van der Waals surface area contributed by atoms with Crippen LogP contribution in [0.15, 0.2) is 22.8 Å². The number of rotatable bonds is 4. The van der Waals surface area contributed by atoms with E-state index in [1.54, 1.807) is 0 Å². The van der Waals surface area contributed by atoms with Gasteiger partial charge in [0.05, 0.1) is 11.7 Å². The molecule has 1 aliphatic heterocycles. The summed E-state index contributed by atoms with van der Waals surface area (Å²) in [5.74, 6) is 2.18. The highest BCUT2D eigenvalue weighted by Crippen LogP contribution is 2.19. The summed E-state index contributed by atoms with van der Waals surface area (Å²) in [4.78, 5) is 4.44. The molecule has 3 heterocycles. The highest BCUT2D eigenvalue weighted by molar-refractivity contribution is 9.10. The Morgan fingerprint density at radius 2 is 2.19 bits per heavy atom. The van der Waals surface area contributed by atoms with Gasteiger partial charge in [-0.3, -0.25) is 0 Å². The Balaban J connectivity index is 1.68. The lowest BCUT2D eigenvalue weighted by Gasteiger charge is -2.15. The Hall–Kier alpha value is -1.27. The van der Waals surface area contributed by atoms with Gasteiger partial charge in [-0.15, -0.1) is 10.2 Å². The number of nitrogens with zero attached hydrogens (tertiary/aromatic N) is 4. The van der Waals surface area contributed by atoms with Gasteiger partial charge in [0.1, 0.15) is 16.3 Å². The van der Waals surface area contributed by atoms with Gasteiger partial charge < -0.3 is 9.88 Å². The van der Waals surface area contributed by atoms with Gasteiger partial charge >= 0.3 is 0 Å². The molecule has 0 radical (unpaired) electrons. The summed E-state index contributed by atoms with van der Waals surface area (Å²) in [7, 11) is 0. The van der Waals surface area contributed by atoms with Crippen LogP contribution >= 0.6 is 15.9 Å². The van der Waals surface area contributed by atoms with E-state index < -0.39 is 0 Å². The molecule has 2 aromatic rings. The minimum absolute atomic E-state index is 0.171. The van der Waals surface area contributed by atoms with Gasteiger partial charge in [-0.1, -0.05) is 12.5 Å². The van der Waals surface area contributed by atoms with Gasteiger partial charge in [0.2, 0.25) is 0 Å². The Kier molecular flexibility index (Phi) is 4.65. The van der Waals surface area contributed by atoms with Crippen molar-refractivity contribution >= 4 is 15.9 Å². The van der Waals surface area contributed by atoms with Crippen LogP contribution in [0.25, 0.3) is 0 Å². The third-order valence-electron chi connectivity index (χ3n) is 3.89. The molecule has 3 rings (SSSR count). The van der Waals surface area contributed by atoms with Crippen LogP contribution < -0.4 is 5.32 Å². The average Bonchev–Trinajstić information content (AvgIpc) is 2.74. The van der Waals surface area contributed by atoms with Crippen molar-refractivity contribution in [3.63, 3.8) is 0 Å². The maximum absolute atomic E-state index is 4.44. The van der Waals surface area contributed by atoms with E-state index in [2.05, 4.69) is 47.9 Å². The zero-order valence-corrected chi connectivity index (χ0v) is 13.8. The predicted molar refractivity (Wildman–Crippen MR) is 84.8 cm³/mol. The molecule has 0 aliphatic carbocycles. The summed E-state index contributed by atoms with van der Waals surface area (Å²) >= 11 is 3.40. The molecule has 1 N–H and O–H groups in total. The lowest BCUT2D eigenvalue weighted by Crippen LogP contribution is -2.22. The zero-order valence-electron chi connectivity index (χ0n) is 12.2. The molecule has 0 spiro atoms. The molecule has 0 saturated carbocycles. The van der Waals surface area contributed by atoms with Gasteiger partial charge in [0.25, 0.3) is 0 Å². The number of aryl methyl sites for hydroxylation is 1. The maximum atomic E-state index is 4.44. The van der Waals surface area contributed by atoms with Crippen LogP contribution in [0.3, 0.4) is 0 Å². The molecule has 0 aromatic carbocycles. The van der Waals surface area contributed by atoms with E-state index in [0.717, 1.165) is 41.5 Å². The standard InChI is InChI=1S/C15H20BrN5/c1-11(17-10-12-6-5-7-13(16)18-12)15-20-19-14-8-3-2-4-9-21(14)15/h5-7,11,17H,2-4,8-10H2,1H3. The molecule has 0 amide bonds. The highest BCUT2D eigenvalue weighted by atomic mass is 79.9. The van der Waals surface area contributed by atoms with E-state index in [1.807, 2.05) is 18.2 Å². The summed E-state index contributed by atoms with van der Waals surface area (Å²) in [6, 6.07) is 6.13. The second kappa shape index (κ2) is 6.66. The van der Waals surface area contributed by atoms with Crippen LogP contribution in [-0.4, -0.2) is 19.7 Å². The molecule has 1 atom stereocenters. The van der Waals surface area contributed by atoms with Gasteiger partial charge in [-0.25, -0.2) is 4.98 Å². The van der Waals surface area contributed by atoms with Crippen molar-refractivity contribution in [2.75, 3.05) is 0 Å². The van der Waals surface area contributed by atoms with Crippen LogP contribution in [0.5, 0.6) is 0 Å². The molecular weight excluding hydrogens is 330 g/mol. The molecule has 0 fully saturated rings. The minimum atomic E-state index is 0.171. The van der Waals surface area contributed by atoms with E-state index in [4.69, 9.17) is 0 Å². The first-order valence-corrected chi connectivity index (χ1v) is 8.30. The molecule has 2 aromatic heterocycles. The molecule has 21 heavy (non-hydrogen) atoms. The Morgan fingerprint density at radius 3 is 3.05 bits per heavy atom. The first kappa shape index (κ1) is 14.7. The van der Waals surface area contributed by atoms with Crippen molar-refractivity contribution < 1.29 is 0 Å². The molecule has 6 heteroatoms. The number of hydrogen-bond acceptors (Lipinski definition) is 4. The topological polar surface area (TPSA) is 55.6 Å². The van der Waals surface area contributed by atoms with Crippen molar-refractivity contribution in [1.29, 1.82) is 0 Å². The van der Waals surface area contributed by atoms with Crippen LogP contribution in [-0.2, 0) is 19.5 Å². The predicted octanol–water partition coefficient (Wildman–Crippen LogP) is 3.01. The Labute approximate surface area is 133 Å². The normalized spacial score (nSPS) is 16.3. The lowest BCUT2D eigenvalue weighted by molar-refractivity contribution is 0.498. The Morgan fingerprint density at radius 1 is 1.29 bits per heavy atom. The summed E-state index contributed by atoms with van der Waals surface area (Å²) in [5, 5.41) is 12.2. The van der Waals surface area contributed by atoms with Gasteiger partial charge in [-0.05, 0) is 47.8 Å². The van der Waals surface area contributed by atoms with E-state index >= 15 is 0 Å². The van der Waals surface area contributed by atoms with Crippen molar-refractivity contribution in [3.8, 4) is 0 Å². The van der Waals surface area contributed by atoms with Crippen molar-refractivity contribution in [2.24, 2.45) is 0 Å². The summed E-state index contributed by atoms with van der Waals surface area (Å²) in [5.41, 5.74) is 1.02. The van der Waals surface area contributed by atoms with Crippen molar-refractivity contribution in [1.82, 2.24) is 25.1 Å². The van der Waals surface area contributed by atoms with Crippen LogP contribution in [0.2, 0.25) is 0 Å². The first-order chi connectivity index (χ1) is 10.2. The van der Waals surface area contributed by atoms with Crippen LogP contribution in [0.4, 0.5) is 0 Å². The highest BCUT2D eigenvalue weighted by Gasteiger charge is 2.18. The maximum Gasteiger partial charge on any atom is 0.149 e. The smallest absolute Gasteiger partial charge is 0.149 e. The molecule has 5 nitrogen and oxygen atoms in total. The fourth-order valence-electron chi connectivity index (χ4n) is 2.73. The molecular formula is C15H20BrN5. The molecule has 1 unspecified atom stereocenters. The number of halogens is 1. The number of hydrogen-bond donors (Lipinski definition) is 1. The number of aromatic nitrogens is 4. The second-order valence-electron chi connectivity index (χ2n) is 5.49. The monoisotopic (exact) mass is 349 g/mol. The SMILES string of the molecule is CC(NCc1cccc(Br)n1)c1nnc2n1CCCCC2. The summed E-state index contributed by atoms with van der Waals surface area (Å²) in [6.45, 7) is 3.90. The van der Waals surface area contributed by atoms with Gasteiger partial charge in [-0.2, -0.15) is 0 Å². The van der Waals surface area contributed by atoms with Gasteiger partial charge in [0, 0.05) is 19.5 Å². The quantitative estimate of drug-likeness (QED) is 0.862. The summed E-state index contributed by atoms with van der Waals surface area (Å²) < 4.78 is 3.16. The Bertz CT molecular complexity index is 610.